The molecule has 0 N–H and O–H groups in total. The van der Waals surface area contributed by atoms with Crippen LogP contribution in [0.15, 0.2) is 24.3 Å². The van der Waals surface area contributed by atoms with Crippen molar-refractivity contribution in [2.24, 2.45) is 5.92 Å². The second-order valence-electron chi connectivity index (χ2n) is 5.37. The molecular formula is C16H21N3O2. The molecule has 0 radical (unpaired) electrons. The lowest BCUT2D eigenvalue weighted by Crippen LogP contribution is -2.09. The minimum absolute atomic E-state index is 0.397. The first-order valence-corrected chi connectivity index (χ1v) is 7.29. The summed E-state index contributed by atoms with van der Waals surface area (Å²) in [6, 6.07) is 7.69. The van der Waals surface area contributed by atoms with Gasteiger partial charge in [0.05, 0.1) is 12.3 Å². The molecule has 0 unspecified atom stereocenters. The number of aromatic nitrogens is 3. The Balaban J connectivity index is 2.46. The van der Waals surface area contributed by atoms with Crippen molar-refractivity contribution in [1.82, 2.24) is 15.0 Å². The Labute approximate surface area is 124 Å². The van der Waals surface area contributed by atoms with E-state index in [1.807, 2.05) is 24.3 Å². The van der Waals surface area contributed by atoms with Crippen molar-refractivity contribution < 1.29 is 9.53 Å². The Morgan fingerprint density at radius 1 is 1.33 bits per heavy atom. The maximum absolute atomic E-state index is 11.2. The van der Waals surface area contributed by atoms with Crippen molar-refractivity contribution in [3.8, 4) is 11.4 Å². The number of benzene rings is 1. The maximum Gasteiger partial charge on any atom is 0.172 e. The van der Waals surface area contributed by atoms with Gasteiger partial charge in [0, 0.05) is 0 Å². The van der Waals surface area contributed by atoms with E-state index < -0.39 is 0 Å². The number of carbonyl (C=O) groups excluding carboxylic acids is 1. The second-order valence-corrected chi connectivity index (χ2v) is 5.37. The van der Waals surface area contributed by atoms with Crippen LogP contribution in [0.1, 0.15) is 43.4 Å². The predicted octanol–water partition coefficient (Wildman–Crippen LogP) is 3.07. The summed E-state index contributed by atoms with van der Waals surface area (Å²) >= 11 is 0. The van der Waals surface area contributed by atoms with Crippen molar-refractivity contribution in [2.45, 2.75) is 33.6 Å². The fraction of sp³-hybridized carbons (Fsp3) is 0.438. The number of carbonyl (C=O) groups is 1. The topological polar surface area (TPSA) is 57.0 Å². The Bertz CT molecular complexity index is 605. The van der Waals surface area contributed by atoms with Gasteiger partial charge in [-0.25, -0.2) is 4.68 Å². The van der Waals surface area contributed by atoms with Crippen LogP contribution in [-0.2, 0) is 6.42 Å². The zero-order valence-electron chi connectivity index (χ0n) is 12.7. The SMILES string of the molecule is CCCOc1ccccc1-n1nnc(C=O)c1CC(C)C. The summed E-state index contributed by atoms with van der Waals surface area (Å²) < 4.78 is 7.48. The first-order valence-electron chi connectivity index (χ1n) is 7.29. The lowest BCUT2D eigenvalue weighted by Gasteiger charge is -2.13. The molecule has 112 valence electrons. The molecule has 2 aromatic rings. The van der Waals surface area contributed by atoms with Crippen LogP contribution in [0.5, 0.6) is 5.75 Å². The van der Waals surface area contributed by atoms with Crippen LogP contribution in [0.25, 0.3) is 5.69 Å². The molecule has 5 heteroatoms. The van der Waals surface area contributed by atoms with Gasteiger partial charge in [0.1, 0.15) is 17.1 Å². The Hall–Kier alpha value is -2.17. The molecular weight excluding hydrogens is 266 g/mol. The van der Waals surface area contributed by atoms with E-state index in [-0.39, 0.29) is 0 Å². The number of hydrogen-bond donors (Lipinski definition) is 0. The van der Waals surface area contributed by atoms with E-state index in [1.54, 1.807) is 4.68 Å². The highest BCUT2D eigenvalue weighted by molar-refractivity contribution is 5.73. The van der Waals surface area contributed by atoms with Gasteiger partial charge in [-0.2, -0.15) is 0 Å². The molecule has 0 amide bonds. The maximum atomic E-state index is 11.2. The molecule has 2 rings (SSSR count). The molecule has 0 saturated carbocycles. The Morgan fingerprint density at radius 2 is 2.10 bits per heavy atom. The van der Waals surface area contributed by atoms with Crippen molar-refractivity contribution in [3.05, 3.63) is 35.7 Å². The number of hydrogen-bond acceptors (Lipinski definition) is 4. The lowest BCUT2D eigenvalue weighted by atomic mass is 10.1. The minimum atomic E-state index is 0.397. The average molecular weight is 287 g/mol. The number of ether oxygens (including phenoxy) is 1. The Morgan fingerprint density at radius 3 is 2.76 bits per heavy atom. The zero-order chi connectivity index (χ0) is 15.2. The summed E-state index contributed by atoms with van der Waals surface area (Å²) in [7, 11) is 0. The van der Waals surface area contributed by atoms with E-state index in [1.165, 1.54) is 0 Å². The largest absolute Gasteiger partial charge is 0.491 e. The molecule has 0 aliphatic carbocycles. The summed E-state index contributed by atoms with van der Waals surface area (Å²) in [5.41, 5.74) is 2.05. The van der Waals surface area contributed by atoms with Gasteiger partial charge < -0.3 is 4.74 Å². The van der Waals surface area contributed by atoms with Crippen LogP contribution in [0.4, 0.5) is 0 Å². The van der Waals surface area contributed by atoms with Gasteiger partial charge in [0.2, 0.25) is 0 Å². The summed E-state index contributed by atoms with van der Waals surface area (Å²) in [6.07, 6.45) is 2.43. The monoisotopic (exact) mass is 287 g/mol. The standard InChI is InChI=1S/C16H21N3O2/c1-4-9-21-16-8-6-5-7-14(16)19-15(10-12(2)3)13(11-20)17-18-19/h5-8,11-12H,4,9-10H2,1-3H3. The van der Waals surface area contributed by atoms with Gasteiger partial charge in [-0.05, 0) is 30.9 Å². The van der Waals surface area contributed by atoms with E-state index >= 15 is 0 Å². The van der Waals surface area contributed by atoms with Crippen LogP contribution < -0.4 is 4.74 Å². The highest BCUT2D eigenvalue weighted by Crippen LogP contribution is 2.25. The molecule has 0 spiro atoms. The van der Waals surface area contributed by atoms with E-state index in [0.29, 0.717) is 18.2 Å². The molecule has 0 aliphatic rings. The van der Waals surface area contributed by atoms with Gasteiger partial charge in [0.15, 0.2) is 6.29 Å². The molecule has 1 aromatic carbocycles. The smallest absolute Gasteiger partial charge is 0.172 e. The number of para-hydroxylation sites is 2. The highest BCUT2D eigenvalue weighted by Gasteiger charge is 2.17. The van der Waals surface area contributed by atoms with Crippen LogP contribution in [0.2, 0.25) is 0 Å². The normalized spacial score (nSPS) is 10.9. The molecule has 1 aromatic heterocycles. The van der Waals surface area contributed by atoms with Gasteiger partial charge in [-0.1, -0.05) is 38.1 Å². The number of rotatable bonds is 7. The van der Waals surface area contributed by atoms with E-state index in [9.17, 15) is 4.79 Å². The molecule has 21 heavy (non-hydrogen) atoms. The Kier molecular flexibility index (Phi) is 5.09. The number of aldehydes is 1. The third kappa shape index (κ3) is 3.48. The fourth-order valence-electron chi connectivity index (χ4n) is 2.14. The van der Waals surface area contributed by atoms with Crippen LogP contribution in [0, 0.1) is 5.92 Å². The summed E-state index contributed by atoms with van der Waals surface area (Å²) in [4.78, 5) is 11.2. The second kappa shape index (κ2) is 7.02. The molecule has 1 heterocycles. The van der Waals surface area contributed by atoms with Crippen molar-refractivity contribution in [3.63, 3.8) is 0 Å². The van der Waals surface area contributed by atoms with E-state index in [0.717, 1.165) is 36.3 Å². The molecule has 0 atom stereocenters. The highest BCUT2D eigenvalue weighted by atomic mass is 16.5. The van der Waals surface area contributed by atoms with Gasteiger partial charge in [-0.3, -0.25) is 4.79 Å². The van der Waals surface area contributed by atoms with E-state index in [2.05, 4.69) is 31.1 Å². The van der Waals surface area contributed by atoms with Gasteiger partial charge in [-0.15, -0.1) is 5.10 Å². The van der Waals surface area contributed by atoms with Crippen molar-refractivity contribution in [1.29, 1.82) is 0 Å². The predicted molar refractivity (Wildman–Crippen MR) is 81.1 cm³/mol. The van der Waals surface area contributed by atoms with Gasteiger partial charge in [0.25, 0.3) is 0 Å². The van der Waals surface area contributed by atoms with Crippen molar-refractivity contribution >= 4 is 6.29 Å². The molecule has 0 fully saturated rings. The van der Waals surface area contributed by atoms with Crippen LogP contribution >= 0.6 is 0 Å². The average Bonchev–Trinajstić information content (AvgIpc) is 2.87. The zero-order valence-corrected chi connectivity index (χ0v) is 12.7. The first-order chi connectivity index (χ1) is 10.2. The third-order valence-electron chi connectivity index (χ3n) is 3.06. The summed E-state index contributed by atoms with van der Waals surface area (Å²) in [5.74, 6) is 1.16. The van der Waals surface area contributed by atoms with Crippen LogP contribution in [0.3, 0.4) is 0 Å². The minimum Gasteiger partial charge on any atom is -0.491 e. The summed E-state index contributed by atoms with van der Waals surface area (Å²) in [6.45, 7) is 6.91. The third-order valence-corrected chi connectivity index (χ3v) is 3.06. The van der Waals surface area contributed by atoms with Crippen molar-refractivity contribution in [2.75, 3.05) is 6.61 Å². The summed E-state index contributed by atoms with van der Waals surface area (Å²) in [5, 5.41) is 8.11. The van der Waals surface area contributed by atoms with Crippen LogP contribution in [-0.4, -0.2) is 27.9 Å². The number of nitrogens with zero attached hydrogens (tertiary/aromatic N) is 3. The molecule has 0 saturated heterocycles. The molecule has 0 bridgehead atoms. The lowest BCUT2D eigenvalue weighted by molar-refractivity contribution is 0.111. The molecule has 5 nitrogen and oxygen atoms in total. The van der Waals surface area contributed by atoms with Gasteiger partial charge >= 0.3 is 0 Å². The fourth-order valence-corrected chi connectivity index (χ4v) is 2.14. The van der Waals surface area contributed by atoms with E-state index in [4.69, 9.17) is 4.74 Å². The molecule has 0 aliphatic heterocycles. The first kappa shape index (κ1) is 15.2. The quantitative estimate of drug-likeness (QED) is 0.734.